The lowest BCUT2D eigenvalue weighted by Gasteiger charge is -2.01. The Morgan fingerprint density at radius 3 is 0.393 bits per heavy atom. The van der Waals surface area contributed by atoms with Crippen LogP contribution in [0.5, 0.6) is 0 Å². The summed E-state index contributed by atoms with van der Waals surface area (Å²) in [5, 5.41) is 0. The van der Waals surface area contributed by atoms with E-state index in [1.54, 1.807) is 0 Å². The van der Waals surface area contributed by atoms with E-state index in [2.05, 4.69) is 27.7 Å². The molecule has 0 aliphatic carbocycles. The van der Waals surface area contributed by atoms with E-state index in [4.69, 9.17) is 0 Å². The molecule has 0 saturated heterocycles. The van der Waals surface area contributed by atoms with Crippen molar-refractivity contribution in [3.8, 4) is 0 Å². The summed E-state index contributed by atoms with van der Waals surface area (Å²) in [5.41, 5.74) is 0. The molecule has 0 atom stereocenters. The smallest absolute Gasteiger partial charge is 0.0533 e. The first kappa shape index (κ1) is 30.2. The van der Waals surface area contributed by atoms with Crippen LogP contribution in [0.1, 0.15) is 182 Å². The maximum Gasteiger partial charge on any atom is -0.0533 e. The van der Waals surface area contributed by atoms with Crippen molar-refractivity contribution in [1.29, 1.82) is 0 Å². The van der Waals surface area contributed by atoms with Crippen molar-refractivity contribution in [1.82, 2.24) is 0 Å². The molecule has 0 aliphatic heterocycles. The van der Waals surface area contributed by atoms with Crippen molar-refractivity contribution in [2.24, 2.45) is 0 Å². The first-order valence-corrected chi connectivity index (χ1v) is 13.8. The van der Waals surface area contributed by atoms with E-state index in [1.165, 1.54) is 154 Å². The molecule has 0 aromatic heterocycles. The predicted molar refractivity (Wildman–Crippen MR) is 134 cm³/mol. The van der Waals surface area contributed by atoms with Gasteiger partial charge in [0.1, 0.15) is 0 Å². The molecule has 0 fully saturated rings. The fourth-order valence-corrected chi connectivity index (χ4v) is 3.83. The molecule has 0 aliphatic rings. The predicted octanol–water partition coefficient (Wildman–Crippen LogP) is 11.4. The van der Waals surface area contributed by atoms with Crippen LogP contribution in [0, 0.1) is 0 Å². The van der Waals surface area contributed by atoms with Crippen LogP contribution in [0.15, 0.2) is 0 Å². The van der Waals surface area contributed by atoms with Gasteiger partial charge < -0.3 is 0 Å². The topological polar surface area (TPSA) is 0 Å². The Labute approximate surface area is 182 Å². The highest BCUT2D eigenvalue weighted by atomic mass is 14.0. The Balaban J connectivity index is 0. The lowest BCUT2D eigenvalue weighted by molar-refractivity contribution is 0.548. The molecule has 0 amide bonds. The van der Waals surface area contributed by atoms with Gasteiger partial charge in [0.15, 0.2) is 0 Å². The third-order valence-electron chi connectivity index (χ3n) is 5.91. The Morgan fingerprint density at radius 1 is 0.179 bits per heavy atom. The van der Waals surface area contributed by atoms with Gasteiger partial charge in [0.25, 0.3) is 0 Å². The Morgan fingerprint density at radius 2 is 0.286 bits per heavy atom. The third kappa shape index (κ3) is 33.6. The second kappa shape index (κ2) is 31.7. The normalized spacial score (nSPS) is 10.7. The third-order valence-corrected chi connectivity index (χ3v) is 5.91. The maximum absolute atomic E-state index is 2.29. The minimum atomic E-state index is 1.37. The van der Waals surface area contributed by atoms with Gasteiger partial charge in [-0.25, -0.2) is 0 Å². The first-order chi connectivity index (χ1) is 13.8. The van der Waals surface area contributed by atoms with Crippen molar-refractivity contribution in [3.05, 3.63) is 0 Å². The molecule has 28 heavy (non-hydrogen) atoms. The summed E-state index contributed by atoms with van der Waals surface area (Å²) in [6.07, 6.45) is 34.9. The minimum absolute atomic E-state index is 1.37. The number of hydrogen-bond acceptors (Lipinski definition) is 0. The van der Waals surface area contributed by atoms with Gasteiger partial charge in [-0.05, 0) is 0 Å². The van der Waals surface area contributed by atoms with Gasteiger partial charge in [-0.1, -0.05) is 182 Å². The van der Waals surface area contributed by atoms with Gasteiger partial charge in [-0.3, -0.25) is 0 Å². The van der Waals surface area contributed by atoms with Crippen molar-refractivity contribution in [2.45, 2.75) is 182 Å². The molecule has 0 bridgehead atoms. The highest BCUT2D eigenvalue weighted by Crippen LogP contribution is 2.12. The summed E-state index contributed by atoms with van der Waals surface area (Å²) in [5.74, 6) is 0. The number of unbranched alkanes of at least 4 members (excludes halogenated alkanes) is 22. The first-order valence-electron chi connectivity index (χ1n) is 13.8. The molecule has 0 radical (unpaired) electrons. The minimum Gasteiger partial charge on any atom is -0.0654 e. The quantitative estimate of drug-likeness (QED) is 0.160. The zero-order valence-corrected chi connectivity index (χ0v) is 21.0. The van der Waals surface area contributed by atoms with E-state index in [9.17, 15) is 0 Å². The van der Waals surface area contributed by atoms with Gasteiger partial charge in [0.2, 0.25) is 0 Å². The molecule has 0 aromatic carbocycles. The highest BCUT2D eigenvalue weighted by Gasteiger charge is 1.92. The summed E-state index contributed by atoms with van der Waals surface area (Å²) in [4.78, 5) is 0. The lowest BCUT2D eigenvalue weighted by Crippen LogP contribution is -1.81. The molecule has 0 N–H and O–H groups in total. The zero-order chi connectivity index (χ0) is 21.0. The van der Waals surface area contributed by atoms with Crippen molar-refractivity contribution >= 4 is 0 Å². The van der Waals surface area contributed by atoms with Crippen LogP contribution < -0.4 is 0 Å². The van der Waals surface area contributed by atoms with E-state index in [-0.39, 0.29) is 0 Å². The summed E-state index contributed by atoms with van der Waals surface area (Å²) in [6, 6.07) is 0. The van der Waals surface area contributed by atoms with Gasteiger partial charge >= 0.3 is 0 Å². The zero-order valence-electron chi connectivity index (χ0n) is 21.0. The standard InChI is InChI=1S/2C14H30/c2*1-3-5-7-9-11-13-14-12-10-8-6-4-2/h2*3-14H2,1-2H3. The molecule has 0 heterocycles. The fraction of sp³-hybridized carbons (Fsp3) is 1.00. The van der Waals surface area contributed by atoms with E-state index in [0.29, 0.717) is 0 Å². The Bertz CT molecular complexity index is 172. The fourth-order valence-electron chi connectivity index (χ4n) is 3.83. The second-order valence-electron chi connectivity index (χ2n) is 9.07. The van der Waals surface area contributed by atoms with Crippen LogP contribution in [0.2, 0.25) is 0 Å². The van der Waals surface area contributed by atoms with Crippen LogP contribution >= 0.6 is 0 Å². The summed E-state index contributed by atoms with van der Waals surface area (Å²) >= 11 is 0. The lowest BCUT2D eigenvalue weighted by atomic mass is 10.1. The molecule has 0 saturated carbocycles. The number of rotatable bonds is 22. The van der Waals surface area contributed by atoms with Gasteiger partial charge in [-0.15, -0.1) is 0 Å². The van der Waals surface area contributed by atoms with Crippen molar-refractivity contribution in [2.75, 3.05) is 0 Å². The monoisotopic (exact) mass is 396 g/mol. The average molecular weight is 397 g/mol. The molecule has 0 spiro atoms. The summed E-state index contributed by atoms with van der Waals surface area (Å²) < 4.78 is 0. The molecule has 0 aromatic rings. The van der Waals surface area contributed by atoms with Crippen molar-refractivity contribution in [3.63, 3.8) is 0 Å². The van der Waals surface area contributed by atoms with Crippen LogP contribution in [-0.4, -0.2) is 0 Å². The molecule has 172 valence electrons. The largest absolute Gasteiger partial charge is 0.0654 e. The molecule has 0 nitrogen and oxygen atoms in total. The van der Waals surface area contributed by atoms with E-state index >= 15 is 0 Å². The molecular weight excluding hydrogens is 336 g/mol. The molecule has 0 heteroatoms. The summed E-state index contributed by atoms with van der Waals surface area (Å²) in [6.45, 7) is 9.14. The SMILES string of the molecule is CCCCCCCCCCCCCC.CCCCCCCCCCCCCC. The van der Waals surface area contributed by atoms with E-state index < -0.39 is 0 Å². The highest BCUT2D eigenvalue weighted by molar-refractivity contribution is 4.48. The van der Waals surface area contributed by atoms with Crippen LogP contribution in [0.3, 0.4) is 0 Å². The Kier molecular flexibility index (Phi) is 34.2. The van der Waals surface area contributed by atoms with Crippen LogP contribution in [0.25, 0.3) is 0 Å². The van der Waals surface area contributed by atoms with Crippen molar-refractivity contribution < 1.29 is 0 Å². The van der Waals surface area contributed by atoms with E-state index in [0.717, 1.165) is 0 Å². The van der Waals surface area contributed by atoms with Crippen LogP contribution in [0.4, 0.5) is 0 Å². The molecule has 0 rings (SSSR count). The Hall–Kier alpha value is 0. The average Bonchev–Trinajstić information content (AvgIpc) is 2.71. The van der Waals surface area contributed by atoms with E-state index in [1.807, 2.05) is 0 Å². The van der Waals surface area contributed by atoms with Gasteiger partial charge in [-0.2, -0.15) is 0 Å². The van der Waals surface area contributed by atoms with Gasteiger partial charge in [0, 0.05) is 0 Å². The molecular formula is C28H60. The molecule has 0 unspecified atom stereocenters. The summed E-state index contributed by atoms with van der Waals surface area (Å²) in [7, 11) is 0. The van der Waals surface area contributed by atoms with Crippen LogP contribution in [-0.2, 0) is 0 Å². The van der Waals surface area contributed by atoms with Gasteiger partial charge in [0.05, 0.1) is 0 Å². The second-order valence-corrected chi connectivity index (χ2v) is 9.07. The number of hydrogen-bond donors (Lipinski definition) is 0. The maximum atomic E-state index is 2.29.